The average molecular weight is 147 g/mol. The van der Waals surface area contributed by atoms with E-state index in [9.17, 15) is 0 Å². The first kappa shape index (κ1) is 7.40. The maximum atomic E-state index is 6.14. The number of rotatable bonds is 1. The van der Waals surface area contributed by atoms with Crippen LogP contribution in [-0.4, -0.2) is 4.87 Å². The molecule has 0 spiro atoms. The van der Waals surface area contributed by atoms with Gasteiger partial charge in [-0.25, -0.2) is 0 Å². The van der Waals surface area contributed by atoms with Gasteiger partial charge in [0.1, 0.15) is 0 Å². The van der Waals surface area contributed by atoms with E-state index in [1.54, 1.807) is 0 Å². The van der Waals surface area contributed by atoms with Crippen molar-refractivity contribution in [2.24, 2.45) is 5.92 Å². The van der Waals surface area contributed by atoms with Crippen LogP contribution in [0, 0.1) is 5.92 Å². The molecule has 0 saturated heterocycles. The fourth-order valence-electron chi connectivity index (χ4n) is 1.61. The summed E-state index contributed by atoms with van der Waals surface area (Å²) in [6, 6.07) is 0. The predicted molar refractivity (Wildman–Crippen MR) is 41.9 cm³/mol. The van der Waals surface area contributed by atoms with E-state index in [0.717, 1.165) is 5.92 Å². The zero-order valence-corrected chi connectivity index (χ0v) is 7.04. The van der Waals surface area contributed by atoms with E-state index in [2.05, 4.69) is 13.8 Å². The van der Waals surface area contributed by atoms with E-state index in [-0.39, 0.29) is 4.87 Å². The highest BCUT2D eigenvalue weighted by Crippen LogP contribution is 2.37. The van der Waals surface area contributed by atoms with Crippen molar-refractivity contribution < 1.29 is 0 Å². The molecule has 54 valence electrons. The fourth-order valence-corrected chi connectivity index (χ4v) is 1.83. The molecule has 0 aromatic carbocycles. The monoisotopic (exact) mass is 146 g/mol. The lowest BCUT2D eigenvalue weighted by molar-refractivity contribution is 0.428. The van der Waals surface area contributed by atoms with Gasteiger partial charge in [0.15, 0.2) is 0 Å². The van der Waals surface area contributed by atoms with Crippen molar-refractivity contribution in [3.63, 3.8) is 0 Å². The minimum Gasteiger partial charge on any atom is -0.120 e. The molecule has 0 heterocycles. The Morgan fingerprint density at radius 2 is 1.67 bits per heavy atom. The maximum absolute atomic E-state index is 6.14. The van der Waals surface area contributed by atoms with Gasteiger partial charge in [0.25, 0.3) is 0 Å². The molecule has 0 bridgehead atoms. The van der Waals surface area contributed by atoms with Crippen molar-refractivity contribution in [2.45, 2.75) is 44.4 Å². The number of alkyl halides is 1. The van der Waals surface area contributed by atoms with Crippen LogP contribution in [0.3, 0.4) is 0 Å². The first-order chi connectivity index (χ1) is 4.11. The summed E-state index contributed by atoms with van der Waals surface area (Å²) < 4.78 is 0. The van der Waals surface area contributed by atoms with Crippen molar-refractivity contribution in [3.05, 3.63) is 0 Å². The molecule has 0 amide bonds. The molecule has 1 rings (SSSR count). The smallest absolute Gasteiger partial charge is 0.0418 e. The SMILES string of the molecule is CC(C)(Cl)C1CCCC1. The lowest BCUT2D eigenvalue weighted by Crippen LogP contribution is -2.21. The van der Waals surface area contributed by atoms with Crippen LogP contribution in [0.4, 0.5) is 0 Å². The summed E-state index contributed by atoms with van der Waals surface area (Å²) in [5, 5.41) is 0. The normalized spacial score (nSPS) is 23.0. The molecule has 0 N–H and O–H groups in total. The molecular weight excluding hydrogens is 132 g/mol. The molecular formula is C8H15Cl. The zero-order chi connectivity index (χ0) is 6.91. The van der Waals surface area contributed by atoms with Crippen LogP contribution >= 0.6 is 11.6 Å². The van der Waals surface area contributed by atoms with Crippen LogP contribution in [0.5, 0.6) is 0 Å². The quantitative estimate of drug-likeness (QED) is 0.499. The lowest BCUT2D eigenvalue weighted by Gasteiger charge is -2.23. The standard InChI is InChI=1S/C8H15Cl/c1-8(2,9)7-5-3-4-6-7/h7H,3-6H2,1-2H3. The van der Waals surface area contributed by atoms with E-state index >= 15 is 0 Å². The van der Waals surface area contributed by atoms with Crippen LogP contribution < -0.4 is 0 Å². The third-order valence-electron chi connectivity index (χ3n) is 2.33. The van der Waals surface area contributed by atoms with Gasteiger partial charge in [0, 0.05) is 4.87 Å². The third-order valence-corrected chi connectivity index (χ3v) is 2.63. The van der Waals surface area contributed by atoms with Gasteiger partial charge in [-0.2, -0.15) is 0 Å². The molecule has 0 radical (unpaired) electrons. The summed E-state index contributed by atoms with van der Waals surface area (Å²) in [6.07, 6.45) is 5.47. The Morgan fingerprint density at radius 3 is 1.89 bits per heavy atom. The Bertz CT molecular complexity index is 85.2. The van der Waals surface area contributed by atoms with Gasteiger partial charge in [0.2, 0.25) is 0 Å². The molecule has 0 unspecified atom stereocenters. The first-order valence-corrected chi connectivity index (χ1v) is 4.17. The molecule has 9 heavy (non-hydrogen) atoms. The van der Waals surface area contributed by atoms with Crippen molar-refractivity contribution >= 4 is 11.6 Å². The van der Waals surface area contributed by atoms with Crippen LogP contribution in [0.1, 0.15) is 39.5 Å². The van der Waals surface area contributed by atoms with E-state index in [4.69, 9.17) is 11.6 Å². The summed E-state index contributed by atoms with van der Waals surface area (Å²) in [6.45, 7) is 4.26. The topological polar surface area (TPSA) is 0 Å². The van der Waals surface area contributed by atoms with Crippen molar-refractivity contribution in [1.82, 2.24) is 0 Å². The molecule has 0 aliphatic heterocycles. The predicted octanol–water partition coefficient (Wildman–Crippen LogP) is 3.19. The second-order valence-corrected chi connectivity index (χ2v) is 4.52. The van der Waals surface area contributed by atoms with E-state index in [0.29, 0.717) is 0 Å². The highest BCUT2D eigenvalue weighted by Gasteiger charge is 2.29. The van der Waals surface area contributed by atoms with Crippen LogP contribution in [0.2, 0.25) is 0 Å². The van der Waals surface area contributed by atoms with Crippen LogP contribution in [0.15, 0.2) is 0 Å². The summed E-state index contributed by atoms with van der Waals surface area (Å²) in [7, 11) is 0. The van der Waals surface area contributed by atoms with Crippen molar-refractivity contribution in [2.75, 3.05) is 0 Å². The summed E-state index contributed by atoms with van der Waals surface area (Å²) in [5.41, 5.74) is 0. The molecule has 1 aliphatic carbocycles. The summed E-state index contributed by atoms with van der Waals surface area (Å²) >= 11 is 6.14. The maximum Gasteiger partial charge on any atom is 0.0418 e. The van der Waals surface area contributed by atoms with Gasteiger partial charge >= 0.3 is 0 Å². The largest absolute Gasteiger partial charge is 0.120 e. The molecule has 0 atom stereocenters. The van der Waals surface area contributed by atoms with Gasteiger partial charge in [-0.05, 0) is 32.6 Å². The molecule has 1 aliphatic rings. The van der Waals surface area contributed by atoms with E-state index in [1.807, 2.05) is 0 Å². The Hall–Kier alpha value is 0.290. The molecule has 1 saturated carbocycles. The molecule has 0 aromatic rings. The van der Waals surface area contributed by atoms with E-state index < -0.39 is 0 Å². The average Bonchev–Trinajstić information content (AvgIpc) is 2.08. The Kier molecular flexibility index (Phi) is 2.05. The summed E-state index contributed by atoms with van der Waals surface area (Å²) in [4.78, 5) is 0.0521. The lowest BCUT2D eigenvalue weighted by atomic mass is 9.94. The second kappa shape index (κ2) is 2.49. The van der Waals surface area contributed by atoms with Gasteiger partial charge in [0.05, 0.1) is 0 Å². The van der Waals surface area contributed by atoms with Crippen LogP contribution in [0.25, 0.3) is 0 Å². The highest BCUT2D eigenvalue weighted by atomic mass is 35.5. The fraction of sp³-hybridized carbons (Fsp3) is 1.00. The van der Waals surface area contributed by atoms with Crippen molar-refractivity contribution in [1.29, 1.82) is 0 Å². The number of hydrogen-bond donors (Lipinski definition) is 0. The minimum absolute atomic E-state index is 0.0521. The van der Waals surface area contributed by atoms with E-state index in [1.165, 1.54) is 25.7 Å². The molecule has 1 heteroatoms. The Labute approximate surface area is 62.6 Å². The highest BCUT2D eigenvalue weighted by molar-refractivity contribution is 6.23. The second-order valence-electron chi connectivity index (χ2n) is 3.55. The van der Waals surface area contributed by atoms with Crippen molar-refractivity contribution in [3.8, 4) is 0 Å². The third kappa shape index (κ3) is 1.86. The minimum atomic E-state index is 0.0521. The Balaban J connectivity index is 2.42. The number of halogens is 1. The van der Waals surface area contributed by atoms with Gasteiger partial charge in [-0.3, -0.25) is 0 Å². The number of hydrogen-bond acceptors (Lipinski definition) is 0. The molecule has 1 fully saturated rings. The van der Waals surface area contributed by atoms with Gasteiger partial charge < -0.3 is 0 Å². The van der Waals surface area contributed by atoms with Crippen LogP contribution in [-0.2, 0) is 0 Å². The summed E-state index contributed by atoms with van der Waals surface area (Å²) in [5.74, 6) is 0.777. The molecule has 0 aromatic heterocycles. The molecule has 0 nitrogen and oxygen atoms in total. The van der Waals surface area contributed by atoms with Gasteiger partial charge in [-0.15, -0.1) is 11.6 Å². The Morgan fingerprint density at radius 1 is 1.22 bits per heavy atom. The van der Waals surface area contributed by atoms with Gasteiger partial charge in [-0.1, -0.05) is 12.8 Å². The first-order valence-electron chi connectivity index (χ1n) is 3.79. The zero-order valence-electron chi connectivity index (χ0n) is 6.28.